The van der Waals surface area contributed by atoms with Crippen LogP contribution < -0.4 is 16.4 Å². The zero-order valence-corrected chi connectivity index (χ0v) is 15.7. The Balaban J connectivity index is 2.05. The Hall–Kier alpha value is -1.89. The molecule has 1 aromatic heterocycles. The van der Waals surface area contributed by atoms with Gasteiger partial charge in [-0.2, -0.15) is 4.98 Å². The lowest BCUT2D eigenvalue weighted by Gasteiger charge is -2.29. The standard InChI is InChI=1S/C18H31N5O2/c1-5-25-14-8-6-13(7-9-14)22-18-20-10-15(16(19)24)17(23-18)21-12(4)11(2)3/h10-14H,5-9H2,1-4H3,(H2,19,24)(H2,20,21,22,23)/t12-,13-,14-/m1/s1. The number of ether oxygens (including phenoxy) is 1. The molecule has 0 radical (unpaired) electrons. The number of carbonyl (C=O) groups excluding carboxylic acids is 1. The summed E-state index contributed by atoms with van der Waals surface area (Å²) in [5.74, 6) is 0.903. The van der Waals surface area contributed by atoms with Crippen LogP contribution in [0.1, 0.15) is 63.7 Å². The van der Waals surface area contributed by atoms with Crippen LogP contribution in [0.3, 0.4) is 0 Å². The van der Waals surface area contributed by atoms with Crippen molar-refractivity contribution in [2.45, 2.75) is 71.6 Å². The molecule has 0 bridgehead atoms. The summed E-state index contributed by atoms with van der Waals surface area (Å²) >= 11 is 0. The number of amides is 1. The third-order valence-electron chi connectivity index (χ3n) is 4.83. The average molecular weight is 349 g/mol. The Morgan fingerprint density at radius 1 is 1.32 bits per heavy atom. The molecule has 1 fully saturated rings. The Morgan fingerprint density at radius 3 is 2.56 bits per heavy atom. The largest absolute Gasteiger partial charge is 0.379 e. The molecule has 0 unspecified atom stereocenters. The predicted octanol–water partition coefficient (Wildman–Crippen LogP) is 2.79. The minimum Gasteiger partial charge on any atom is -0.379 e. The molecule has 1 heterocycles. The molecule has 7 heteroatoms. The fourth-order valence-corrected chi connectivity index (χ4v) is 2.92. The third kappa shape index (κ3) is 5.56. The van der Waals surface area contributed by atoms with E-state index in [0.717, 1.165) is 32.3 Å². The molecule has 0 aromatic carbocycles. The Morgan fingerprint density at radius 2 is 2.00 bits per heavy atom. The van der Waals surface area contributed by atoms with Crippen LogP contribution in [0.15, 0.2) is 6.20 Å². The third-order valence-corrected chi connectivity index (χ3v) is 4.83. The molecule has 140 valence electrons. The van der Waals surface area contributed by atoms with E-state index in [2.05, 4.69) is 41.4 Å². The summed E-state index contributed by atoms with van der Waals surface area (Å²) in [5.41, 5.74) is 5.77. The van der Waals surface area contributed by atoms with Gasteiger partial charge in [-0.15, -0.1) is 0 Å². The average Bonchev–Trinajstić information content (AvgIpc) is 2.56. The highest BCUT2D eigenvalue weighted by molar-refractivity contribution is 5.97. The van der Waals surface area contributed by atoms with Gasteiger partial charge >= 0.3 is 0 Å². The molecule has 4 N–H and O–H groups in total. The SMILES string of the molecule is CCO[C@H]1CC[C@H](Nc2ncc(C(N)=O)c(N[C@H](C)C(C)C)n2)CC1. The van der Waals surface area contributed by atoms with Gasteiger partial charge in [0.05, 0.1) is 11.7 Å². The molecule has 0 aliphatic heterocycles. The van der Waals surface area contributed by atoms with Crippen molar-refractivity contribution < 1.29 is 9.53 Å². The fraction of sp³-hybridized carbons (Fsp3) is 0.722. The highest BCUT2D eigenvalue weighted by Crippen LogP contribution is 2.24. The molecule has 1 saturated carbocycles. The second kappa shape index (κ2) is 8.99. The molecule has 1 aromatic rings. The number of nitrogens with zero attached hydrogens (tertiary/aromatic N) is 2. The van der Waals surface area contributed by atoms with Gasteiger partial charge in [0.15, 0.2) is 0 Å². The highest BCUT2D eigenvalue weighted by atomic mass is 16.5. The summed E-state index contributed by atoms with van der Waals surface area (Å²) in [6.45, 7) is 9.08. The van der Waals surface area contributed by atoms with Crippen molar-refractivity contribution in [3.05, 3.63) is 11.8 Å². The number of anilines is 2. The van der Waals surface area contributed by atoms with E-state index < -0.39 is 5.91 Å². The van der Waals surface area contributed by atoms with Gasteiger partial charge < -0.3 is 21.1 Å². The van der Waals surface area contributed by atoms with E-state index in [4.69, 9.17) is 10.5 Å². The molecule has 0 spiro atoms. The molecule has 7 nitrogen and oxygen atoms in total. The monoisotopic (exact) mass is 349 g/mol. The summed E-state index contributed by atoms with van der Waals surface area (Å²) in [7, 11) is 0. The molecule has 1 amide bonds. The second-order valence-electron chi connectivity index (χ2n) is 7.07. The maximum absolute atomic E-state index is 11.6. The highest BCUT2D eigenvalue weighted by Gasteiger charge is 2.22. The molecule has 0 saturated heterocycles. The molecule has 2 rings (SSSR count). The lowest BCUT2D eigenvalue weighted by atomic mass is 9.93. The maximum atomic E-state index is 11.6. The minimum atomic E-state index is -0.526. The molecule has 25 heavy (non-hydrogen) atoms. The van der Waals surface area contributed by atoms with E-state index in [9.17, 15) is 4.79 Å². The van der Waals surface area contributed by atoms with Gasteiger partial charge in [-0.1, -0.05) is 13.8 Å². The van der Waals surface area contributed by atoms with Crippen molar-refractivity contribution in [1.29, 1.82) is 0 Å². The van der Waals surface area contributed by atoms with Gasteiger partial charge in [0.1, 0.15) is 5.82 Å². The van der Waals surface area contributed by atoms with E-state index >= 15 is 0 Å². The summed E-state index contributed by atoms with van der Waals surface area (Å²) in [6, 6.07) is 0.494. The van der Waals surface area contributed by atoms with Crippen LogP contribution in [-0.4, -0.2) is 40.7 Å². The zero-order valence-electron chi connectivity index (χ0n) is 15.7. The van der Waals surface area contributed by atoms with Gasteiger partial charge in [0, 0.05) is 24.9 Å². The maximum Gasteiger partial charge on any atom is 0.254 e. The van der Waals surface area contributed by atoms with E-state index in [0.29, 0.717) is 35.4 Å². The van der Waals surface area contributed by atoms with Gasteiger partial charge in [0.2, 0.25) is 5.95 Å². The number of aromatic nitrogens is 2. The van der Waals surface area contributed by atoms with E-state index in [1.165, 1.54) is 6.20 Å². The fourth-order valence-electron chi connectivity index (χ4n) is 2.92. The molecular formula is C18H31N5O2. The molecule has 1 aliphatic carbocycles. The number of primary amides is 1. The van der Waals surface area contributed by atoms with Crippen molar-refractivity contribution in [2.75, 3.05) is 17.2 Å². The summed E-state index contributed by atoms with van der Waals surface area (Å²) in [4.78, 5) is 20.4. The van der Waals surface area contributed by atoms with Gasteiger partial charge in [-0.05, 0) is 45.4 Å². The van der Waals surface area contributed by atoms with Gasteiger partial charge in [-0.3, -0.25) is 4.79 Å². The number of hydrogen-bond donors (Lipinski definition) is 3. The van der Waals surface area contributed by atoms with Crippen molar-refractivity contribution in [2.24, 2.45) is 11.7 Å². The summed E-state index contributed by atoms with van der Waals surface area (Å²) in [6.07, 6.45) is 6.00. The van der Waals surface area contributed by atoms with Crippen LogP contribution in [0.4, 0.5) is 11.8 Å². The number of nitrogens with two attached hydrogens (primary N) is 1. The van der Waals surface area contributed by atoms with E-state index in [1.807, 2.05) is 6.92 Å². The van der Waals surface area contributed by atoms with Crippen molar-refractivity contribution >= 4 is 17.7 Å². The normalized spacial score (nSPS) is 21.8. The predicted molar refractivity (Wildman–Crippen MR) is 99.8 cm³/mol. The van der Waals surface area contributed by atoms with E-state index in [1.54, 1.807) is 0 Å². The van der Waals surface area contributed by atoms with Crippen LogP contribution in [0.25, 0.3) is 0 Å². The first kappa shape index (κ1) is 19.4. The lowest BCUT2D eigenvalue weighted by molar-refractivity contribution is 0.0346. The lowest BCUT2D eigenvalue weighted by Crippen LogP contribution is -2.31. The molecule has 1 atom stereocenters. The first-order chi connectivity index (χ1) is 11.9. The molecular weight excluding hydrogens is 318 g/mol. The number of nitrogens with one attached hydrogen (secondary N) is 2. The van der Waals surface area contributed by atoms with Gasteiger partial charge in [0.25, 0.3) is 5.91 Å². The topological polar surface area (TPSA) is 102 Å². The Labute approximate surface area is 150 Å². The summed E-state index contributed by atoms with van der Waals surface area (Å²) in [5, 5.41) is 6.66. The van der Waals surface area contributed by atoms with Crippen molar-refractivity contribution in [3.8, 4) is 0 Å². The number of rotatable bonds is 8. The quantitative estimate of drug-likeness (QED) is 0.667. The van der Waals surface area contributed by atoms with Crippen LogP contribution in [0.5, 0.6) is 0 Å². The number of carbonyl (C=O) groups is 1. The van der Waals surface area contributed by atoms with Crippen LogP contribution >= 0.6 is 0 Å². The molecule has 1 aliphatic rings. The zero-order chi connectivity index (χ0) is 18.4. The number of hydrogen-bond acceptors (Lipinski definition) is 6. The van der Waals surface area contributed by atoms with Crippen molar-refractivity contribution in [1.82, 2.24) is 9.97 Å². The van der Waals surface area contributed by atoms with Gasteiger partial charge in [-0.25, -0.2) is 4.98 Å². The smallest absolute Gasteiger partial charge is 0.254 e. The van der Waals surface area contributed by atoms with Crippen molar-refractivity contribution in [3.63, 3.8) is 0 Å². The first-order valence-corrected chi connectivity index (χ1v) is 9.22. The second-order valence-corrected chi connectivity index (χ2v) is 7.07. The first-order valence-electron chi connectivity index (χ1n) is 9.22. The van der Waals surface area contributed by atoms with Crippen LogP contribution in [-0.2, 0) is 4.74 Å². The Kier molecular flexibility index (Phi) is 6.99. The van der Waals surface area contributed by atoms with Crippen LogP contribution in [0, 0.1) is 5.92 Å². The Bertz CT molecular complexity index is 571. The van der Waals surface area contributed by atoms with Crippen LogP contribution in [0.2, 0.25) is 0 Å². The minimum absolute atomic E-state index is 0.169. The van der Waals surface area contributed by atoms with E-state index in [-0.39, 0.29) is 6.04 Å². The summed E-state index contributed by atoms with van der Waals surface area (Å²) < 4.78 is 5.69.